The third-order valence-corrected chi connectivity index (χ3v) is 8.66. The van der Waals surface area contributed by atoms with Gasteiger partial charge in [0, 0.05) is 19.7 Å². The largest absolute Gasteiger partial charge is 0.465 e. The highest BCUT2D eigenvalue weighted by Gasteiger charge is 2.36. The number of nitrogens with zero attached hydrogens (tertiary/aromatic N) is 3. The van der Waals surface area contributed by atoms with Crippen LogP contribution in [0.5, 0.6) is 0 Å². The average molecular weight is 648 g/mol. The monoisotopic (exact) mass is 647 g/mol. The molecule has 260 valence electrons. The molecule has 1 saturated heterocycles. The maximum Gasteiger partial charge on any atom is 0.407 e. The van der Waals surface area contributed by atoms with Crippen LogP contribution in [0.25, 0.3) is 0 Å². The molecular weight excluding hydrogens is 588 g/mol. The first-order chi connectivity index (χ1) is 22.3. The molecule has 0 bridgehead atoms. The molecule has 2 atom stereocenters. The molecule has 11 nitrogen and oxygen atoms in total. The van der Waals surface area contributed by atoms with Crippen LogP contribution in [0, 0.1) is 0 Å². The van der Waals surface area contributed by atoms with Crippen molar-refractivity contribution in [3.05, 3.63) is 30.1 Å². The minimum Gasteiger partial charge on any atom is -0.465 e. The van der Waals surface area contributed by atoms with E-state index in [-0.39, 0.29) is 43.8 Å². The van der Waals surface area contributed by atoms with Crippen LogP contribution in [0.15, 0.2) is 24.5 Å². The van der Waals surface area contributed by atoms with Crippen molar-refractivity contribution in [1.29, 1.82) is 0 Å². The maximum atomic E-state index is 12.8. The first kappa shape index (κ1) is 39.0. The standard InChI is InChI=1S/C35H58N4O7/c1-5-6-7-8-9-10-11-12-13-14-15-16-17-21-31(29(2)44-3)36-34(42)46-26-19-23-38-28-32(40)39(35(38)43)25-24-37-22-18-20-30(27-37)33(41)45-4/h18,20,22,27,29,31H,5-17,19,21,23-26,28H2,1-4H3/p+1. The third kappa shape index (κ3) is 14.9. The summed E-state index contributed by atoms with van der Waals surface area (Å²) in [4.78, 5) is 52.3. The second-order valence-electron chi connectivity index (χ2n) is 12.3. The first-order valence-corrected chi connectivity index (χ1v) is 17.4. The summed E-state index contributed by atoms with van der Waals surface area (Å²) in [5.74, 6) is -0.735. The summed E-state index contributed by atoms with van der Waals surface area (Å²) in [6.45, 7) is 5.16. The lowest BCUT2D eigenvalue weighted by atomic mass is 10.0. The molecule has 1 aliphatic heterocycles. The number of nitrogens with one attached hydrogen (secondary N) is 1. The van der Waals surface area contributed by atoms with Gasteiger partial charge >= 0.3 is 18.1 Å². The highest BCUT2D eigenvalue weighted by molar-refractivity contribution is 6.01. The maximum absolute atomic E-state index is 12.8. The third-order valence-electron chi connectivity index (χ3n) is 8.66. The molecule has 0 saturated carbocycles. The number of carbonyl (C=O) groups excluding carboxylic acids is 4. The van der Waals surface area contributed by atoms with Gasteiger partial charge in [-0.2, -0.15) is 0 Å². The van der Waals surface area contributed by atoms with E-state index in [9.17, 15) is 19.2 Å². The molecule has 0 aliphatic carbocycles. The zero-order chi connectivity index (χ0) is 33.6. The van der Waals surface area contributed by atoms with Gasteiger partial charge in [-0.3, -0.25) is 9.69 Å². The van der Waals surface area contributed by atoms with Crippen molar-refractivity contribution in [2.24, 2.45) is 0 Å². The van der Waals surface area contributed by atoms with E-state index in [0.717, 1.165) is 19.3 Å². The molecule has 2 rings (SSSR count). The lowest BCUT2D eigenvalue weighted by molar-refractivity contribution is -0.696. The zero-order valence-corrected chi connectivity index (χ0v) is 28.8. The van der Waals surface area contributed by atoms with Crippen molar-refractivity contribution in [1.82, 2.24) is 15.1 Å². The lowest BCUT2D eigenvalue weighted by Crippen LogP contribution is -2.43. The number of hydrogen-bond acceptors (Lipinski definition) is 7. The van der Waals surface area contributed by atoms with E-state index in [4.69, 9.17) is 14.2 Å². The number of methoxy groups -OCH3 is 2. The number of alkyl carbamates (subject to hydrolysis) is 1. The number of pyridine rings is 1. The number of carbonyl (C=O) groups is 4. The molecule has 11 heteroatoms. The van der Waals surface area contributed by atoms with Crippen LogP contribution in [-0.2, 0) is 25.5 Å². The summed E-state index contributed by atoms with van der Waals surface area (Å²) in [5, 5.41) is 2.95. The fourth-order valence-electron chi connectivity index (χ4n) is 5.69. The number of unbranched alkanes of at least 4 members (excludes halogenated alkanes) is 12. The highest BCUT2D eigenvalue weighted by Crippen LogP contribution is 2.15. The smallest absolute Gasteiger partial charge is 0.407 e. The summed E-state index contributed by atoms with van der Waals surface area (Å²) >= 11 is 0. The van der Waals surface area contributed by atoms with E-state index in [0.29, 0.717) is 25.1 Å². The number of amides is 4. The summed E-state index contributed by atoms with van der Waals surface area (Å²) in [6.07, 6.45) is 20.8. The first-order valence-electron chi connectivity index (χ1n) is 17.4. The van der Waals surface area contributed by atoms with Crippen molar-refractivity contribution < 1.29 is 38.0 Å². The summed E-state index contributed by atoms with van der Waals surface area (Å²) < 4.78 is 17.4. The zero-order valence-electron chi connectivity index (χ0n) is 28.8. The van der Waals surface area contributed by atoms with E-state index >= 15 is 0 Å². The number of imide groups is 1. The molecule has 1 aromatic heterocycles. The minimum absolute atomic E-state index is 0.00947. The summed E-state index contributed by atoms with van der Waals surface area (Å²) in [5.41, 5.74) is 0.386. The molecule has 0 radical (unpaired) electrons. The highest BCUT2D eigenvalue weighted by atomic mass is 16.5. The van der Waals surface area contributed by atoms with Crippen molar-refractivity contribution in [3.8, 4) is 0 Å². The number of aromatic nitrogens is 1. The van der Waals surface area contributed by atoms with E-state index in [2.05, 4.69) is 12.2 Å². The minimum atomic E-state index is -0.500. The second kappa shape index (κ2) is 23.2. The summed E-state index contributed by atoms with van der Waals surface area (Å²) in [6, 6.07) is 2.84. The summed E-state index contributed by atoms with van der Waals surface area (Å²) in [7, 11) is 2.96. The Kier molecular flexibility index (Phi) is 19.6. The van der Waals surface area contributed by atoms with Gasteiger partial charge in [0.2, 0.25) is 0 Å². The van der Waals surface area contributed by atoms with Crippen LogP contribution in [0.2, 0.25) is 0 Å². The van der Waals surface area contributed by atoms with Gasteiger partial charge in [0.25, 0.3) is 5.91 Å². The molecule has 4 amide bonds. The van der Waals surface area contributed by atoms with Crippen molar-refractivity contribution in [2.75, 3.05) is 40.5 Å². The van der Waals surface area contributed by atoms with Gasteiger partial charge < -0.3 is 24.4 Å². The van der Waals surface area contributed by atoms with Crippen LogP contribution >= 0.6 is 0 Å². The number of hydrogen-bond donors (Lipinski definition) is 1. The predicted molar refractivity (Wildman–Crippen MR) is 176 cm³/mol. The Labute approximate surface area is 276 Å². The fourth-order valence-corrected chi connectivity index (χ4v) is 5.69. The van der Waals surface area contributed by atoms with Crippen molar-refractivity contribution in [3.63, 3.8) is 0 Å². The molecule has 2 heterocycles. The number of rotatable bonds is 25. The number of urea groups is 1. The van der Waals surface area contributed by atoms with E-state index in [1.165, 1.54) is 87.5 Å². The normalized spacial score (nSPS) is 14.4. The van der Waals surface area contributed by atoms with Gasteiger partial charge in [-0.15, -0.1) is 0 Å². The van der Waals surface area contributed by atoms with Crippen molar-refractivity contribution >= 4 is 24.0 Å². The topological polar surface area (TPSA) is 118 Å². The van der Waals surface area contributed by atoms with Gasteiger partial charge in [-0.05, 0) is 25.8 Å². The Bertz CT molecular complexity index is 1050. The van der Waals surface area contributed by atoms with Gasteiger partial charge in [0.1, 0.15) is 12.1 Å². The Morgan fingerprint density at radius 1 is 0.913 bits per heavy atom. The van der Waals surface area contributed by atoms with E-state index < -0.39 is 12.1 Å². The molecule has 1 aliphatic rings. The van der Waals surface area contributed by atoms with Crippen LogP contribution in [-0.4, -0.2) is 86.4 Å². The van der Waals surface area contributed by atoms with Gasteiger partial charge in [-0.1, -0.05) is 90.4 Å². The molecular formula is C35H59N4O7+. The molecule has 46 heavy (non-hydrogen) atoms. The van der Waals surface area contributed by atoms with Gasteiger partial charge in [0.15, 0.2) is 18.9 Å². The van der Waals surface area contributed by atoms with Gasteiger partial charge in [-0.25, -0.2) is 19.0 Å². The molecule has 1 N–H and O–H groups in total. The van der Waals surface area contributed by atoms with Gasteiger partial charge in [0.05, 0.1) is 32.4 Å². The van der Waals surface area contributed by atoms with Crippen LogP contribution < -0.4 is 9.88 Å². The Hall–Kier alpha value is -3.21. The average Bonchev–Trinajstić information content (AvgIpc) is 3.33. The van der Waals surface area contributed by atoms with Crippen LogP contribution in [0.4, 0.5) is 9.59 Å². The fraction of sp³-hybridized carbons (Fsp3) is 0.743. The quantitative estimate of drug-likeness (QED) is 0.0596. The molecule has 1 fully saturated rings. The Balaban J connectivity index is 1.60. The van der Waals surface area contributed by atoms with E-state index in [1.54, 1.807) is 36.2 Å². The van der Waals surface area contributed by atoms with Crippen molar-refractivity contribution in [2.45, 2.75) is 129 Å². The molecule has 0 aromatic carbocycles. The Morgan fingerprint density at radius 3 is 2.15 bits per heavy atom. The number of esters is 1. The molecule has 2 unspecified atom stereocenters. The van der Waals surface area contributed by atoms with E-state index in [1.807, 2.05) is 6.92 Å². The second-order valence-corrected chi connectivity index (χ2v) is 12.3. The number of ether oxygens (including phenoxy) is 3. The van der Waals surface area contributed by atoms with Crippen LogP contribution in [0.1, 0.15) is 121 Å². The predicted octanol–water partition coefficient (Wildman–Crippen LogP) is 6.03. The SMILES string of the molecule is CCCCCCCCCCCCCCCC(NC(=O)OCCCN1CC(=O)N(CC[n+]2cccc(C(=O)OC)c2)C1=O)C(C)OC. The molecule has 1 aromatic rings. The van der Waals surface area contributed by atoms with Crippen LogP contribution in [0.3, 0.4) is 0 Å². The Morgan fingerprint density at radius 2 is 1.54 bits per heavy atom. The molecule has 0 spiro atoms. The lowest BCUT2D eigenvalue weighted by Gasteiger charge is -2.24.